The molecule has 0 bridgehead atoms. The average molecular weight is 280 g/mol. The largest absolute Gasteiger partial charge is 0.507 e. The molecule has 0 fully saturated rings. The Labute approximate surface area is 120 Å². The molecule has 98 valence electrons. The van der Waals surface area contributed by atoms with Crippen molar-refractivity contribution < 1.29 is 5.11 Å². The number of para-hydroxylation sites is 1. The van der Waals surface area contributed by atoms with Gasteiger partial charge >= 0.3 is 0 Å². The highest BCUT2D eigenvalue weighted by Gasteiger charge is 2.03. The fraction of sp³-hybridized carbons (Fsp3) is 0. The summed E-state index contributed by atoms with van der Waals surface area (Å²) in [7, 11) is 0. The summed E-state index contributed by atoms with van der Waals surface area (Å²) in [5.41, 5.74) is 2.68. The highest BCUT2D eigenvalue weighted by Crippen LogP contribution is 2.26. The van der Waals surface area contributed by atoms with Gasteiger partial charge in [-0.3, -0.25) is 0 Å². The summed E-state index contributed by atoms with van der Waals surface area (Å²) in [6.07, 6.45) is 1.63. The van der Waals surface area contributed by atoms with Gasteiger partial charge in [-0.25, -0.2) is 9.98 Å². The van der Waals surface area contributed by atoms with Gasteiger partial charge in [-0.2, -0.15) is 0 Å². The van der Waals surface area contributed by atoms with E-state index >= 15 is 0 Å². The Hall–Kier alpha value is -2.46. The molecule has 0 amide bonds. The van der Waals surface area contributed by atoms with Gasteiger partial charge in [0.15, 0.2) is 0 Å². The third-order valence-corrected chi connectivity index (χ3v) is 3.56. The summed E-state index contributed by atoms with van der Waals surface area (Å²) in [5.74, 6) is 0.219. The van der Waals surface area contributed by atoms with Crippen LogP contribution >= 0.6 is 11.3 Å². The van der Waals surface area contributed by atoms with E-state index < -0.39 is 0 Å². The number of hydrogen-bond acceptors (Lipinski definition) is 4. The number of aliphatic imine (C=N–C) groups is 1. The molecule has 20 heavy (non-hydrogen) atoms. The number of phenols is 1. The van der Waals surface area contributed by atoms with Crippen molar-refractivity contribution in [1.29, 1.82) is 0 Å². The molecule has 0 saturated carbocycles. The first-order valence-electron chi connectivity index (χ1n) is 6.16. The first-order valence-corrected chi connectivity index (χ1v) is 7.04. The second-order valence-corrected chi connectivity index (χ2v) is 5.03. The number of benzene rings is 2. The van der Waals surface area contributed by atoms with Crippen LogP contribution in [-0.2, 0) is 0 Å². The quantitative estimate of drug-likeness (QED) is 0.728. The summed E-state index contributed by atoms with van der Waals surface area (Å²) >= 11 is 1.48. The zero-order valence-electron chi connectivity index (χ0n) is 10.6. The van der Waals surface area contributed by atoms with E-state index in [0.717, 1.165) is 11.3 Å². The Morgan fingerprint density at radius 1 is 1.00 bits per heavy atom. The lowest BCUT2D eigenvalue weighted by Gasteiger charge is -1.95. The van der Waals surface area contributed by atoms with E-state index in [4.69, 9.17) is 0 Å². The molecular weight excluding hydrogens is 268 g/mol. The van der Waals surface area contributed by atoms with E-state index in [1.807, 2.05) is 47.8 Å². The van der Waals surface area contributed by atoms with E-state index in [2.05, 4.69) is 9.98 Å². The summed E-state index contributed by atoms with van der Waals surface area (Å²) in [6.45, 7) is 0. The molecule has 4 heteroatoms. The molecule has 0 aliphatic heterocycles. The van der Waals surface area contributed by atoms with Gasteiger partial charge in [0.25, 0.3) is 0 Å². The maximum atomic E-state index is 9.66. The van der Waals surface area contributed by atoms with Gasteiger partial charge in [-0.15, -0.1) is 11.3 Å². The monoisotopic (exact) mass is 280 g/mol. The Morgan fingerprint density at radius 2 is 1.75 bits per heavy atom. The molecule has 3 aromatic rings. The van der Waals surface area contributed by atoms with Crippen LogP contribution in [0, 0.1) is 0 Å². The minimum atomic E-state index is 0.219. The van der Waals surface area contributed by atoms with Crippen molar-refractivity contribution in [2.24, 2.45) is 4.99 Å². The summed E-state index contributed by atoms with van der Waals surface area (Å²) in [4.78, 5) is 8.77. The number of rotatable bonds is 3. The zero-order chi connectivity index (χ0) is 13.8. The molecule has 3 nitrogen and oxygen atoms in total. The van der Waals surface area contributed by atoms with E-state index in [9.17, 15) is 5.11 Å². The Kier molecular flexibility index (Phi) is 3.56. The fourth-order valence-corrected chi connectivity index (χ4v) is 2.46. The molecule has 1 N–H and O–H groups in total. The highest BCUT2D eigenvalue weighted by molar-refractivity contribution is 7.13. The molecule has 0 atom stereocenters. The molecule has 0 radical (unpaired) electrons. The van der Waals surface area contributed by atoms with Gasteiger partial charge in [0.2, 0.25) is 5.13 Å². The Morgan fingerprint density at radius 3 is 2.55 bits per heavy atom. The van der Waals surface area contributed by atoms with Crippen LogP contribution in [0.15, 0.2) is 65.0 Å². The van der Waals surface area contributed by atoms with E-state index in [0.29, 0.717) is 10.7 Å². The van der Waals surface area contributed by atoms with Crippen LogP contribution in [-0.4, -0.2) is 16.3 Å². The number of hydrogen-bond donors (Lipinski definition) is 1. The molecular formula is C16H12N2OS. The van der Waals surface area contributed by atoms with Crippen molar-refractivity contribution in [3.63, 3.8) is 0 Å². The van der Waals surface area contributed by atoms with E-state index in [-0.39, 0.29) is 5.75 Å². The Bertz CT molecular complexity index is 735. The van der Waals surface area contributed by atoms with Gasteiger partial charge in [-0.1, -0.05) is 42.5 Å². The maximum absolute atomic E-state index is 9.66. The number of phenolic OH excluding ortho intramolecular Hbond substituents is 1. The number of thiazole rings is 1. The summed E-state index contributed by atoms with van der Waals surface area (Å²) in [6, 6.07) is 17.1. The van der Waals surface area contributed by atoms with Gasteiger partial charge < -0.3 is 5.11 Å². The smallest absolute Gasteiger partial charge is 0.209 e. The van der Waals surface area contributed by atoms with Crippen LogP contribution in [0.2, 0.25) is 0 Å². The molecule has 0 saturated heterocycles. The van der Waals surface area contributed by atoms with Crippen molar-refractivity contribution in [2.75, 3.05) is 0 Å². The van der Waals surface area contributed by atoms with Crippen molar-refractivity contribution >= 4 is 22.7 Å². The lowest BCUT2D eigenvalue weighted by atomic mass is 10.2. The van der Waals surface area contributed by atoms with Crippen LogP contribution < -0.4 is 0 Å². The van der Waals surface area contributed by atoms with Gasteiger partial charge in [-0.05, 0) is 12.1 Å². The van der Waals surface area contributed by atoms with Crippen molar-refractivity contribution in [3.05, 3.63) is 65.5 Å². The second kappa shape index (κ2) is 5.67. The molecule has 1 heterocycles. The summed E-state index contributed by atoms with van der Waals surface area (Å²) in [5, 5.41) is 12.3. The number of nitrogens with zero attached hydrogens (tertiary/aromatic N) is 2. The highest BCUT2D eigenvalue weighted by atomic mass is 32.1. The standard InChI is InChI=1S/C16H12N2OS/c19-15-9-5-4-8-13(15)10-17-16-18-14(11-20-16)12-6-2-1-3-7-12/h1-11,19H/b17-10+. The summed E-state index contributed by atoms with van der Waals surface area (Å²) < 4.78 is 0. The predicted molar refractivity (Wildman–Crippen MR) is 82.9 cm³/mol. The van der Waals surface area contributed by atoms with Crippen molar-refractivity contribution in [3.8, 4) is 17.0 Å². The Balaban J connectivity index is 1.83. The van der Waals surface area contributed by atoms with Crippen LogP contribution in [0.4, 0.5) is 5.13 Å². The van der Waals surface area contributed by atoms with E-state index in [1.165, 1.54) is 11.3 Å². The molecule has 1 aromatic heterocycles. The first kappa shape index (κ1) is 12.6. The lowest BCUT2D eigenvalue weighted by Crippen LogP contribution is -1.80. The minimum Gasteiger partial charge on any atom is -0.507 e. The van der Waals surface area contributed by atoms with Gasteiger partial charge in [0.1, 0.15) is 5.75 Å². The van der Waals surface area contributed by atoms with Crippen LogP contribution in [0.5, 0.6) is 5.75 Å². The second-order valence-electron chi connectivity index (χ2n) is 4.20. The molecule has 0 spiro atoms. The van der Waals surface area contributed by atoms with Crippen LogP contribution in [0.1, 0.15) is 5.56 Å². The van der Waals surface area contributed by atoms with Gasteiger partial charge in [0.05, 0.1) is 5.69 Å². The molecule has 0 unspecified atom stereocenters. The average Bonchev–Trinajstić information content (AvgIpc) is 2.96. The van der Waals surface area contributed by atoms with Crippen LogP contribution in [0.3, 0.4) is 0 Å². The lowest BCUT2D eigenvalue weighted by molar-refractivity contribution is 0.474. The topological polar surface area (TPSA) is 45.5 Å². The first-order chi connectivity index (χ1) is 9.83. The minimum absolute atomic E-state index is 0.219. The van der Waals surface area contributed by atoms with E-state index in [1.54, 1.807) is 18.3 Å². The third-order valence-electron chi connectivity index (χ3n) is 2.81. The normalized spacial score (nSPS) is 11.0. The predicted octanol–water partition coefficient (Wildman–Crippen LogP) is 4.27. The molecule has 0 aliphatic rings. The van der Waals surface area contributed by atoms with Crippen molar-refractivity contribution in [1.82, 2.24) is 4.98 Å². The van der Waals surface area contributed by atoms with Gasteiger partial charge in [0, 0.05) is 22.7 Å². The number of aromatic hydroxyl groups is 1. The van der Waals surface area contributed by atoms with Crippen LogP contribution in [0.25, 0.3) is 11.3 Å². The molecule has 2 aromatic carbocycles. The number of aromatic nitrogens is 1. The molecule has 0 aliphatic carbocycles. The third kappa shape index (κ3) is 2.75. The zero-order valence-corrected chi connectivity index (χ0v) is 11.4. The fourth-order valence-electron chi connectivity index (χ4n) is 1.79. The SMILES string of the molecule is Oc1ccccc1/C=N/c1nc(-c2ccccc2)cs1. The molecule has 3 rings (SSSR count). The maximum Gasteiger partial charge on any atom is 0.209 e. The van der Waals surface area contributed by atoms with Crippen molar-refractivity contribution in [2.45, 2.75) is 0 Å².